The Hall–Kier alpha value is -7.48. The summed E-state index contributed by atoms with van der Waals surface area (Å²) in [5.74, 6) is -2.13. The first-order chi connectivity index (χ1) is 36.2. The Morgan fingerprint density at radius 1 is 0.468 bits per heavy atom. The van der Waals surface area contributed by atoms with Gasteiger partial charge in [-0.2, -0.15) is 80.1 Å². The van der Waals surface area contributed by atoms with Gasteiger partial charge in [-0.25, -0.2) is 21.5 Å². The third-order valence-electron chi connectivity index (χ3n) is 12.0. The molecule has 20 heteroatoms. The molecule has 0 fully saturated rings. The van der Waals surface area contributed by atoms with Crippen molar-refractivity contribution in [2.24, 2.45) is 0 Å². The fourth-order valence-electron chi connectivity index (χ4n) is 8.47. The molecule has 12 aromatic rings. The monoisotopic (exact) mass is 1270 g/mol. The number of nitrogens with zero attached hydrogens (tertiary/aromatic N) is 6. The number of benzene rings is 8. The van der Waals surface area contributed by atoms with Gasteiger partial charge in [0.05, 0.1) is 29.1 Å². The van der Waals surface area contributed by atoms with Crippen molar-refractivity contribution >= 4 is 121 Å². The second-order valence-electron chi connectivity index (χ2n) is 16.9. The van der Waals surface area contributed by atoms with E-state index in [1.807, 2.05) is 42.5 Å². The number of fused-ring (bicyclic) bond motifs is 7. The normalized spacial score (nSPS) is 11.8. The van der Waals surface area contributed by atoms with Gasteiger partial charge in [-0.1, -0.05) is 114 Å². The average Bonchev–Trinajstić information content (AvgIpc) is 3.84. The molecule has 12 rings (SSSR count). The SMILES string of the molecule is FC(F)(F)c1cc(C(F)(F)F)c(C(F)(F)F)cc1Oc1nnc(-c2[c-]c3ccccc3s2)c2cc3ccccc3cc12.[CH-]=C(S)c1nncc2cc3ccccc3cc12.[CH-]=C(S)c1nncc2cc3ccccc3cc12.[Ir+3]. The van der Waals surface area contributed by atoms with Gasteiger partial charge in [-0.3, -0.25) is 13.2 Å². The van der Waals surface area contributed by atoms with Crippen LogP contribution in [0.15, 0.2) is 158 Å². The predicted octanol–water partition coefficient (Wildman–Crippen LogP) is 17.3. The number of hydrogen-bond acceptors (Lipinski definition) is 10. The van der Waals surface area contributed by atoms with Crippen molar-refractivity contribution in [3.8, 4) is 22.2 Å². The zero-order valence-corrected chi connectivity index (χ0v) is 43.8. The summed E-state index contributed by atoms with van der Waals surface area (Å²) >= 11 is 9.62. The topological polar surface area (TPSA) is 86.6 Å². The molecular formula is C57H30F9IrN6OS3. The number of hydrogen-bond donors (Lipinski definition) is 2. The van der Waals surface area contributed by atoms with E-state index < -0.39 is 52.9 Å². The maximum absolute atomic E-state index is 13.9. The number of halogens is 9. The Bertz CT molecular complexity index is 4120. The second-order valence-corrected chi connectivity index (χ2v) is 18.9. The summed E-state index contributed by atoms with van der Waals surface area (Å²) in [6.45, 7) is 11.4. The van der Waals surface area contributed by atoms with Gasteiger partial charge in [0, 0.05) is 11.1 Å². The van der Waals surface area contributed by atoms with E-state index in [1.54, 1.807) is 48.8 Å². The largest absolute Gasteiger partial charge is 3.00 e. The summed E-state index contributed by atoms with van der Waals surface area (Å²) < 4.78 is 129. The van der Waals surface area contributed by atoms with Crippen LogP contribution in [0.25, 0.3) is 95.1 Å². The molecule has 7 nitrogen and oxygen atoms in total. The summed E-state index contributed by atoms with van der Waals surface area (Å²) in [5.41, 5.74) is -5.33. The molecule has 0 radical (unpaired) electrons. The number of ether oxygens (including phenoxy) is 1. The van der Waals surface area contributed by atoms with Crippen molar-refractivity contribution in [1.82, 2.24) is 30.6 Å². The van der Waals surface area contributed by atoms with Crippen LogP contribution in [0, 0.1) is 19.2 Å². The zero-order chi connectivity index (χ0) is 53.7. The van der Waals surface area contributed by atoms with Crippen LogP contribution >= 0.6 is 36.6 Å². The molecule has 0 aliphatic rings. The fraction of sp³-hybridized carbons (Fsp3) is 0.0526. The minimum atomic E-state index is -5.73. The number of rotatable bonds is 5. The predicted molar refractivity (Wildman–Crippen MR) is 286 cm³/mol. The zero-order valence-electron chi connectivity index (χ0n) is 38.8. The summed E-state index contributed by atoms with van der Waals surface area (Å²) in [4.78, 5) is 1.30. The van der Waals surface area contributed by atoms with E-state index in [9.17, 15) is 39.5 Å². The number of thiophene rings is 1. The van der Waals surface area contributed by atoms with Gasteiger partial charge in [0.15, 0.2) is 0 Å². The van der Waals surface area contributed by atoms with Crippen LogP contribution in [-0.4, -0.2) is 30.6 Å². The standard InChI is InChI=1S/C29H12F9N2OS.2C14H9N2S.Ir/c30-27(31,32)19-12-21(29(36,37)38)22(13-20(19)28(33,34)35)41-26-18-10-15-6-2-1-5-14(15)9-17(18)25(39-40-26)24-11-16-7-3-4-8-23(16)42-24;2*1-9(17)14-13-7-11-5-3-2-4-10(11)6-12(13)8-15-16-14;/h1-10,12-13H;2*1-8,17H;/q3*-1;+3. The Labute approximate surface area is 459 Å². The third kappa shape index (κ3) is 11.3. The Kier molecular flexibility index (Phi) is 15.2. The molecule has 0 saturated heterocycles. The van der Waals surface area contributed by atoms with Gasteiger partial charge in [0.2, 0.25) is 5.88 Å². The molecule has 0 bridgehead atoms. The van der Waals surface area contributed by atoms with E-state index in [1.165, 1.54) is 28.2 Å². The van der Waals surface area contributed by atoms with Crippen LogP contribution < -0.4 is 4.74 Å². The second kappa shape index (κ2) is 21.5. The van der Waals surface area contributed by atoms with E-state index in [0.29, 0.717) is 42.2 Å². The van der Waals surface area contributed by atoms with Crippen molar-refractivity contribution in [2.75, 3.05) is 0 Å². The maximum Gasteiger partial charge on any atom is 3.00 e. The molecule has 0 aliphatic heterocycles. The molecule has 0 atom stereocenters. The molecular weight excluding hydrogens is 1240 g/mol. The van der Waals surface area contributed by atoms with E-state index in [-0.39, 0.29) is 37.3 Å². The molecule has 384 valence electrons. The van der Waals surface area contributed by atoms with Crippen LogP contribution in [0.4, 0.5) is 39.5 Å². The number of alkyl halides is 9. The minimum Gasteiger partial charge on any atom is -0.436 e. The summed E-state index contributed by atoms with van der Waals surface area (Å²) in [6, 6.07) is 44.3. The van der Waals surface area contributed by atoms with E-state index in [4.69, 9.17) is 17.9 Å². The first-order valence-corrected chi connectivity index (χ1v) is 24.0. The first-order valence-electron chi connectivity index (χ1n) is 22.3. The molecule has 4 heterocycles. The van der Waals surface area contributed by atoms with Crippen LogP contribution in [0.5, 0.6) is 11.6 Å². The molecule has 0 N–H and O–H groups in total. The van der Waals surface area contributed by atoms with Gasteiger partial charge in [-0.05, 0) is 99.8 Å². The van der Waals surface area contributed by atoms with Crippen LogP contribution in [0.3, 0.4) is 0 Å². The summed E-state index contributed by atoms with van der Waals surface area (Å²) in [5, 5.41) is 35.1. The fourth-order valence-corrected chi connectivity index (χ4v) is 9.80. The maximum atomic E-state index is 13.9. The van der Waals surface area contributed by atoms with Crippen molar-refractivity contribution in [3.63, 3.8) is 0 Å². The first kappa shape index (κ1) is 54.3. The van der Waals surface area contributed by atoms with Gasteiger partial charge < -0.3 is 4.74 Å². The van der Waals surface area contributed by atoms with Gasteiger partial charge >= 0.3 is 38.6 Å². The molecule has 0 amide bonds. The molecule has 0 spiro atoms. The van der Waals surface area contributed by atoms with Crippen molar-refractivity contribution in [2.45, 2.75) is 18.5 Å². The van der Waals surface area contributed by atoms with Crippen molar-refractivity contribution in [3.05, 3.63) is 205 Å². The van der Waals surface area contributed by atoms with Crippen LogP contribution in [0.1, 0.15) is 28.1 Å². The average molecular weight is 1270 g/mol. The third-order valence-corrected chi connectivity index (χ3v) is 13.5. The molecule has 77 heavy (non-hydrogen) atoms. The number of thiol groups is 2. The quantitative estimate of drug-likeness (QED) is 0.0768. The van der Waals surface area contributed by atoms with E-state index in [0.717, 1.165) is 42.4 Å². The van der Waals surface area contributed by atoms with Gasteiger partial charge in [0.1, 0.15) is 5.75 Å². The van der Waals surface area contributed by atoms with Crippen LogP contribution in [-0.2, 0) is 38.6 Å². The Morgan fingerprint density at radius 3 is 1.34 bits per heavy atom. The van der Waals surface area contributed by atoms with E-state index >= 15 is 0 Å². The molecule has 0 unspecified atom stereocenters. The molecule has 0 saturated carbocycles. The molecule has 0 aliphatic carbocycles. The van der Waals surface area contributed by atoms with Crippen LogP contribution in [0.2, 0.25) is 0 Å². The Morgan fingerprint density at radius 2 is 0.883 bits per heavy atom. The van der Waals surface area contributed by atoms with E-state index in [2.05, 4.69) is 110 Å². The number of aromatic nitrogens is 6. The van der Waals surface area contributed by atoms with Crippen molar-refractivity contribution < 1.29 is 64.4 Å². The smallest absolute Gasteiger partial charge is 0.436 e. The molecule has 4 aromatic heterocycles. The van der Waals surface area contributed by atoms with Gasteiger partial charge in [0.25, 0.3) is 0 Å². The van der Waals surface area contributed by atoms with Gasteiger partial charge in [-0.15, -0.1) is 38.5 Å². The summed E-state index contributed by atoms with van der Waals surface area (Å²) in [6.07, 6.45) is -13.4. The van der Waals surface area contributed by atoms with Crippen molar-refractivity contribution in [1.29, 1.82) is 0 Å². The molecule has 8 aromatic carbocycles. The minimum absolute atomic E-state index is 0. The Balaban J connectivity index is 0.000000168. The summed E-state index contributed by atoms with van der Waals surface area (Å²) in [7, 11) is 0.